The number of aliphatic imine (C=N–C) groups is 1. The van der Waals surface area contributed by atoms with Gasteiger partial charge in [-0.2, -0.15) is 4.99 Å². The summed E-state index contributed by atoms with van der Waals surface area (Å²) in [6, 6.07) is 7.02. The van der Waals surface area contributed by atoms with Crippen LogP contribution in [0.5, 0.6) is 0 Å². The number of anilines is 1. The summed E-state index contributed by atoms with van der Waals surface area (Å²) in [6.07, 6.45) is 1.11. The Hall–Kier alpha value is -1.05. The van der Waals surface area contributed by atoms with Gasteiger partial charge in [-0.25, -0.2) is 8.42 Å². The Labute approximate surface area is 145 Å². The highest BCUT2D eigenvalue weighted by Crippen LogP contribution is 2.42. The third-order valence-corrected chi connectivity index (χ3v) is 7.39. The SMILES string of the molecule is CCCC(=O)N=C1S[C@@H]2CS(=O)(=O)C[C@@H]2N1c1ccccc1Cl. The van der Waals surface area contributed by atoms with E-state index in [1.165, 1.54) is 11.8 Å². The molecule has 1 aromatic rings. The smallest absolute Gasteiger partial charge is 0.248 e. The normalized spacial score (nSPS) is 27.4. The second kappa shape index (κ2) is 6.45. The number of hydrogen-bond acceptors (Lipinski definition) is 4. The van der Waals surface area contributed by atoms with Crippen LogP contribution in [0.25, 0.3) is 0 Å². The number of hydrogen-bond donors (Lipinski definition) is 0. The number of thioether (sulfide) groups is 1. The van der Waals surface area contributed by atoms with Gasteiger partial charge in [-0.15, -0.1) is 0 Å². The number of fused-ring (bicyclic) bond motifs is 1. The molecule has 124 valence electrons. The average molecular weight is 373 g/mol. The van der Waals surface area contributed by atoms with Crippen molar-refractivity contribution in [2.75, 3.05) is 16.4 Å². The van der Waals surface area contributed by atoms with Gasteiger partial charge in [0.15, 0.2) is 15.0 Å². The molecule has 0 radical (unpaired) electrons. The molecule has 3 rings (SSSR count). The van der Waals surface area contributed by atoms with Crippen LogP contribution < -0.4 is 4.90 Å². The molecule has 0 saturated carbocycles. The third-order valence-electron chi connectivity index (χ3n) is 3.86. The van der Waals surface area contributed by atoms with Crippen LogP contribution in [-0.2, 0) is 14.6 Å². The molecule has 1 aromatic carbocycles. The van der Waals surface area contributed by atoms with E-state index >= 15 is 0 Å². The van der Waals surface area contributed by atoms with E-state index in [1.54, 1.807) is 6.07 Å². The molecule has 0 unspecified atom stereocenters. The van der Waals surface area contributed by atoms with Gasteiger partial charge in [0.2, 0.25) is 5.91 Å². The highest BCUT2D eigenvalue weighted by Gasteiger charge is 2.49. The first-order chi connectivity index (χ1) is 10.9. The Kier molecular flexibility index (Phi) is 4.71. The van der Waals surface area contributed by atoms with Crippen molar-refractivity contribution >= 4 is 50.0 Å². The van der Waals surface area contributed by atoms with Crippen molar-refractivity contribution in [3.8, 4) is 0 Å². The lowest BCUT2D eigenvalue weighted by Crippen LogP contribution is -2.37. The predicted molar refractivity (Wildman–Crippen MR) is 95.1 cm³/mol. The van der Waals surface area contributed by atoms with Crippen molar-refractivity contribution in [1.29, 1.82) is 0 Å². The zero-order valence-electron chi connectivity index (χ0n) is 12.6. The standard InChI is InChI=1S/C15H17ClN2O3S2/c1-2-5-14(19)17-15-18(11-7-4-3-6-10(11)16)12-8-23(20,21)9-13(12)22-15/h3-4,6-7,12-13H,2,5,8-9H2,1H3/t12-,13+/m0/s1. The number of halogens is 1. The fraction of sp³-hybridized carbons (Fsp3) is 0.467. The van der Waals surface area contributed by atoms with E-state index in [4.69, 9.17) is 11.6 Å². The van der Waals surface area contributed by atoms with Crippen LogP contribution in [0.15, 0.2) is 29.3 Å². The predicted octanol–water partition coefficient (Wildman–Crippen LogP) is 2.74. The van der Waals surface area contributed by atoms with Crippen LogP contribution in [0.1, 0.15) is 19.8 Å². The van der Waals surface area contributed by atoms with Crippen molar-refractivity contribution < 1.29 is 13.2 Å². The molecule has 2 saturated heterocycles. The summed E-state index contributed by atoms with van der Waals surface area (Å²) in [5.41, 5.74) is 0.703. The Morgan fingerprint density at radius 2 is 2.13 bits per heavy atom. The van der Waals surface area contributed by atoms with Gasteiger partial charge in [0.25, 0.3) is 0 Å². The Morgan fingerprint density at radius 1 is 1.39 bits per heavy atom. The first-order valence-electron chi connectivity index (χ1n) is 7.43. The molecule has 0 aromatic heterocycles. The van der Waals surface area contributed by atoms with Gasteiger partial charge in [-0.3, -0.25) is 4.79 Å². The molecule has 0 spiro atoms. The highest BCUT2D eigenvalue weighted by molar-refractivity contribution is 8.16. The third kappa shape index (κ3) is 3.41. The number of carbonyl (C=O) groups excluding carboxylic acids is 1. The quantitative estimate of drug-likeness (QED) is 0.816. The van der Waals surface area contributed by atoms with Crippen LogP contribution in [0.2, 0.25) is 5.02 Å². The molecule has 5 nitrogen and oxygen atoms in total. The average Bonchev–Trinajstić information content (AvgIpc) is 2.91. The van der Waals surface area contributed by atoms with Crippen LogP contribution in [0.3, 0.4) is 0 Å². The van der Waals surface area contributed by atoms with E-state index in [9.17, 15) is 13.2 Å². The zero-order chi connectivity index (χ0) is 16.6. The largest absolute Gasteiger partial charge is 0.314 e. The van der Waals surface area contributed by atoms with Crippen LogP contribution in [0, 0.1) is 0 Å². The summed E-state index contributed by atoms with van der Waals surface area (Å²) in [6.45, 7) is 1.92. The topological polar surface area (TPSA) is 66.8 Å². The molecule has 1 amide bonds. The molecule has 2 aliphatic rings. The second-order valence-corrected chi connectivity index (χ2v) is 9.43. The first-order valence-corrected chi connectivity index (χ1v) is 10.5. The lowest BCUT2D eigenvalue weighted by atomic mass is 10.2. The molecule has 0 aliphatic carbocycles. The van der Waals surface area contributed by atoms with Gasteiger partial charge in [0, 0.05) is 11.7 Å². The maximum atomic E-state index is 12.0. The number of amidine groups is 1. The molecule has 2 aliphatic heterocycles. The second-order valence-electron chi connectivity index (χ2n) is 5.66. The van der Waals surface area contributed by atoms with E-state index in [0.29, 0.717) is 22.3 Å². The lowest BCUT2D eigenvalue weighted by Gasteiger charge is -2.25. The van der Waals surface area contributed by atoms with E-state index in [2.05, 4.69) is 4.99 Å². The van der Waals surface area contributed by atoms with Gasteiger partial charge >= 0.3 is 0 Å². The zero-order valence-corrected chi connectivity index (χ0v) is 15.0. The minimum atomic E-state index is -3.07. The molecule has 2 atom stereocenters. The summed E-state index contributed by atoms with van der Waals surface area (Å²) in [7, 11) is -3.07. The van der Waals surface area contributed by atoms with Crippen molar-refractivity contribution in [1.82, 2.24) is 0 Å². The van der Waals surface area contributed by atoms with Crippen LogP contribution >= 0.6 is 23.4 Å². The minimum Gasteiger partial charge on any atom is -0.314 e. The number of nitrogens with zero attached hydrogens (tertiary/aromatic N) is 2. The minimum absolute atomic E-state index is 0.0663. The van der Waals surface area contributed by atoms with Crippen molar-refractivity contribution in [2.45, 2.75) is 31.1 Å². The number of rotatable bonds is 3. The number of carbonyl (C=O) groups is 1. The molecule has 2 heterocycles. The highest BCUT2D eigenvalue weighted by atomic mass is 35.5. The number of sulfone groups is 1. The van der Waals surface area contributed by atoms with Crippen molar-refractivity contribution in [3.05, 3.63) is 29.3 Å². The molecule has 23 heavy (non-hydrogen) atoms. The van der Waals surface area contributed by atoms with E-state index in [-0.39, 0.29) is 28.7 Å². The Balaban J connectivity index is 2.01. The maximum absolute atomic E-state index is 12.0. The molecular formula is C15H17ClN2O3S2. The first kappa shape index (κ1) is 16.8. The molecule has 8 heteroatoms. The van der Waals surface area contributed by atoms with E-state index in [0.717, 1.165) is 6.42 Å². The van der Waals surface area contributed by atoms with E-state index in [1.807, 2.05) is 30.0 Å². The lowest BCUT2D eigenvalue weighted by molar-refractivity contribution is -0.117. The fourth-order valence-electron chi connectivity index (χ4n) is 2.87. The summed E-state index contributed by atoms with van der Waals surface area (Å²) >= 11 is 7.66. The van der Waals surface area contributed by atoms with Gasteiger partial charge in [-0.1, -0.05) is 42.4 Å². The number of para-hydroxylation sites is 1. The Morgan fingerprint density at radius 3 is 2.83 bits per heavy atom. The van der Waals surface area contributed by atoms with Gasteiger partial charge < -0.3 is 4.90 Å². The van der Waals surface area contributed by atoms with Crippen molar-refractivity contribution in [3.63, 3.8) is 0 Å². The van der Waals surface area contributed by atoms with E-state index < -0.39 is 9.84 Å². The van der Waals surface area contributed by atoms with Crippen LogP contribution in [-0.4, -0.2) is 42.3 Å². The molecule has 2 fully saturated rings. The fourth-order valence-corrected chi connectivity index (χ4v) is 7.02. The van der Waals surface area contributed by atoms with Gasteiger partial charge in [0.1, 0.15) is 0 Å². The van der Waals surface area contributed by atoms with Gasteiger partial charge in [-0.05, 0) is 18.6 Å². The number of benzene rings is 1. The summed E-state index contributed by atoms with van der Waals surface area (Å²) in [5.74, 6) is -0.00359. The Bertz CT molecular complexity index is 764. The van der Waals surface area contributed by atoms with Crippen molar-refractivity contribution in [2.24, 2.45) is 4.99 Å². The summed E-state index contributed by atoms with van der Waals surface area (Å²) in [4.78, 5) is 18.0. The molecular weight excluding hydrogens is 356 g/mol. The number of amides is 1. The summed E-state index contributed by atoms with van der Waals surface area (Å²) < 4.78 is 23.9. The van der Waals surface area contributed by atoms with Crippen LogP contribution in [0.4, 0.5) is 5.69 Å². The molecule has 0 N–H and O–H groups in total. The maximum Gasteiger partial charge on any atom is 0.248 e. The molecule has 0 bridgehead atoms. The van der Waals surface area contributed by atoms with Gasteiger partial charge in [0.05, 0.1) is 28.3 Å². The summed E-state index contributed by atoms with van der Waals surface area (Å²) in [5, 5.41) is 0.972. The monoisotopic (exact) mass is 372 g/mol.